The number of alkyl halides is 3. The average Bonchev–Trinajstić information content (AvgIpc) is 2.85. The minimum Gasteiger partial charge on any atom is -0.350 e. The lowest BCUT2D eigenvalue weighted by Crippen LogP contribution is -2.40. The van der Waals surface area contributed by atoms with Crippen molar-refractivity contribution in [2.75, 3.05) is 10.8 Å². The Morgan fingerprint density at radius 2 is 1.61 bits per heavy atom. The van der Waals surface area contributed by atoms with E-state index in [9.17, 15) is 26.4 Å². The van der Waals surface area contributed by atoms with Crippen LogP contribution in [-0.2, 0) is 40.4 Å². The fourth-order valence-electron chi connectivity index (χ4n) is 3.78. The van der Waals surface area contributed by atoms with E-state index in [2.05, 4.69) is 5.32 Å². The van der Waals surface area contributed by atoms with E-state index in [4.69, 9.17) is 0 Å². The SMILES string of the molecule is CCc1ccc(CC)c(CNC(=O)CN(c2cccc(C(F)(F)F)c2)S(=O)(=O)c2ccc(C)cc2)c1. The van der Waals surface area contributed by atoms with Crippen LogP contribution in [-0.4, -0.2) is 20.9 Å². The Morgan fingerprint density at radius 3 is 2.22 bits per heavy atom. The summed E-state index contributed by atoms with van der Waals surface area (Å²) >= 11 is 0. The zero-order valence-corrected chi connectivity index (χ0v) is 21.2. The molecule has 192 valence electrons. The molecule has 1 N–H and O–H groups in total. The van der Waals surface area contributed by atoms with Crippen LogP contribution in [0.15, 0.2) is 71.6 Å². The number of sulfonamides is 1. The highest BCUT2D eigenvalue weighted by atomic mass is 32.2. The first-order chi connectivity index (χ1) is 17.0. The molecule has 0 atom stereocenters. The van der Waals surface area contributed by atoms with Crippen LogP contribution in [0.4, 0.5) is 18.9 Å². The molecule has 3 aromatic rings. The Hall–Kier alpha value is -3.33. The quantitative estimate of drug-likeness (QED) is 0.398. The molecule has 0 spiro atoms. The second-order valence-corrected chi connectivity index (χ2v) is 10.3. The minimum atomic E-state index is -4.67. The van der Waals surface area contributed by atoms with Gasteiger partial charge in [-0.05, 0) is 66.8 Å². The molecule has 5 nitrogen and oxygen atoms in total. The van der Waals surface area contributed by atoms with Gasteiger partial charge in [0.05, 0.1) is 16.1 Å². The number of hydrogen-bond donors (Lipinski definition) is 1. The van der Waals surface area contributed by atoms with E-state index < -0.39 is 34.2 Å². The van der Waals surface area contributed by atoms with Crippen molar-refractivity contribution in [3.05, 3.63) is 94.5 Å². The van der Waals surface area contributed by atoms with Crippen LogP contribution in [0.1, 0.15) is 41.7 Å². The fourth-order valence-corrected chi connectivity index (χ4v) is 5.19. The highest BCUT2D eigenvalue weighted by Crippen LogP contribution is 2.33. The van der Waals surface area contributed by atoms with Gasteiger partial charge in [0.25, 0.3) is 10.0 Å². The monoisotopic (exact) mass is 518 g/mol. The number of amides is 1. The summed E-state index contributed by atoms with van der Waals surface area (Å²) in [5.74, 6) is -0.632. The molecule has 9 heteroatoms. The van der Waals surface area contributed by atoms with Crippen molar-refractivity contribution in [2.24, 2.45) is 0 Å². The van der Waals surface area contributed by atoms with E-state index in [1.54, 1.807) is 19.1 Å². The van der Waals surface area contributed by atoms with Gasteiger partial charge in [0.2, 0.25) is 5.91 Å². The second-order valence-electron chi connectivity index (χ2n) is 8.46. The summed E-state index contributed by atoms with van der Waals surface area (Å²) in [6.45, 7) is 5.30. The van der Waals surface area contributed by atoms with Gasteiger partial charge in [-0.25, -0.2) is 8.42 Å². The summed E-state index contributed by atoms with van der Waals surface area (Å²) in [5, 5.41) is 2.74. The molecule has 0 bridgehead atoms. The summed E-state index contributed by atoms with van der Waals surface area (Å²) in [6, 6.07) is 15.9. The molecule has 0 heterocycles. The maximum Gasteiger partial charge on any atom is 0.416 e. The number of benzene rings is 3. The zero-order chi connectivity index (χ0) is 26.5. The summed E-state index contributed by atoms with van der Waals surface area (Å²) in [4.78, 5) is 12.8. The van der Waals surface area contributed by atoms with E-state index in [1.165, 1.54) is 18.2 Å². The van der Waals surface area contributed by atoms with Crippen LogP contribution in [0.3, 0.4) is 0 Å². The zero-order valence-electron chi connectivity index (χ0n) is 20.4. The molecule has 0 unspecified atom stereocenters. The van der Waals surface area contributed by atoms with Crippen molar-refractivity contribution in [1.82, 2.24) is 5.32 Å². The highest BCUT2D eigenvalue weighted by molar-refractivity contribution is 7.92. The predicted octanol–water partition coefficient (Wildman–Crippen LogP) is 5.65. The number of aryl methyl sites for hydroxylation is 3. The lowest BCUT2D eigenvalue weighted by atomic mass is 10.0. The van der Waals surface area contributed by atoms with Crippen molar-refractivity contribution >= 4 is 21.6 Å². The van der Waals surface area contributed by atoms with Crippen molar-refractivity contribution in [3.63, 3.8) is 0 Å². The van der Waals surface area contributed by atoms with E-state index in [0.29, 0.717) is 4.31 Å². The van der Waals surface area contributed by atoms with Crippen LogP contribution >= 0.6 is 0 Å². The largest absolute Gasteiger partial charge is 0.416 e. The van der Waals surface area contributed by atoms with Gasteiger partial charge in [-0.2, -0.15) is 13.2 Å². The molecule has 0 aliphatic rings. The third kappa shape index (κ3) is 6.46. The fraction of sp³-hybridized carbons (Fsp3) is 0.296. The average molecular weight is 519 g/mol. The molecule has 0 aromatic heterocycles. The van der Waals surface area contributed by atoms with Gasteiger partial charge in [-0.15, -0.1) is 0 Å². The molecule has 0 saturated heterocycles. The maximum atomic E-state index is 13.5. The Morgan fingerprint density at radius 1 is 0.917 bits per heavy atom. The van der Waals surface area contributed by atoms with Gasteiger partial charge in [0.15, 0.2) is 0 Å². The molecule has 3 rings (SSSR count). The van der Waals surface area contributed by atoms with Gasteiger partial charge in [-0.1, -0.05) is 55.8 Å². The first-order valence-corrected chi connectivity index (χ1v) is 13.0. The summed E-state index contributed by atoms with van der Waals surface area (Å²) in [7, 11) is -4.33. The van der Waals surface area contributed by atoms with Gasteiger partial charge >= 0.3 is 6.18 Å². The summed E-state index contributed by atoms with van der Waals surface area (Å²) in [5.41, 5.74) is 2.63. The van der Waals surface area contributed by atoms with Gasteiger partial charge in [0, 0.05) is 6.54 Å². The first kappa shape index (κ1) is 27.3. The van der Waals surface area contributed by atoms with Gasteiger partial charge in [0.1, 0.15) is 6.54 Å². The topological polar surface area (TPSA) is 66.5 Å². The number of nitrogens with one attached hydrogen (secondary N) is 1. The standard InChI is InChI=1S/C27H29F3N2O3S/c1-4-20-11-12-21(5-2)22(15-20)17-31-26(33)18-32(24-8-6-7-23(16-24)27(28,29)30)36(34,35)25-13-9-19(3)10-14-25/h6-16H,4-5,17-18H2,1-3H3,(H,31,33). The molecule has 1 amide bonds. The normalized spacial score (nSPS) is 11.8. The second kappa shape index (κ2) is 11.2. The van der Waals surface area contributed by atoms with Crippen molar-refractivity contribution in [1.29, 1.82) is 0 Å². The van der Waals surface area contributed by atoms with Crippen molar-refractivity contribution < 1.29 is 26.4 Å². The number of rotatable bonds is 9. The lowest BCUT2D eigenvalue weighted by molar-refractivity contribution is -0.137. The molecule has 0 aliphatic heterocycles. The van der Waals surface area contributed by atoms with Crippen molar-refractivity contribution in [3.8, 4) is 0 Å². The molecule has 0 fully saturated rings. The third-order valence-corrected chi connectivity index (χ3v) is 7.68. The third-order valence-electron chi connectivity index (χ3n) is 5.89. The van der Waals surface area contributed by atoms with Gasteiger partial charge in [-0.3, -0.25) is 9.10 Å². The van der Waals surface area contributed by atoms with E-state index in [1.807, 2.05) is 32.0 Å². The van der Waals surface area contributed by atoms with E-state index in [-0.39, 0.29) is 17.1 Å². The molecule has 0 aliphatic carbocycles. The molecule has 0 saturated carbocycles. The molecule has 0 radical (unpaired) electrons. The molecule has 3 aromatic carbocycles. The molecular formula is C27H29F3N2O3S. The van der Waals surface area contributed by atoms with Crippen LogP contribution in [0.2, 0.25) is 0 Å². The Bertz CT molecular complexity index is 1320. The maximum absolute atomic E-state index is 13.5. The Balaban J connectivity index is 1.93. The Kier molecular flexibility index (Phi) is 8.45. The number of anilines is 1. The minimum absolute atomic E-state index is 0.123. The van der Waals surface area contributed by atoms with Crippen LogP contribution in [0, 0.1) is 6.92 Å². The number of carbonyl (C=O) groups excluding carboxylic acids is 1. The van der Waals surface area contributed by atoms with E-state index in [0.717, 1.165) is 53.3 Å². The van der Waals surface area contributed by atoms with Crippen LogP contribution in [0.25, 0.3) is 0 Å². The number of halogens is 3. The van der Waals surface area contributed by atoms with Crippen LogP contribution < -0.4 is 9.62 Å². The number of nitrogens with zero attached hydrogens (tertiary/aromatic N) is 1. The van der Waals surface area contributed by atoms with Crippen molar-refractivity contribution in [2.45, 2.75) is 51.2 Å². The smallest absolute Gasteiger partial charge is 0.350 e. The van der Waals surface area contributed by atoms with Crippen LogP contribution in [0.5, 0.6) is 0 Å². The summed E-state index contributed by atoms with van der Waals surface area (Å²) < 4.78 is 67.7. The molecule has 36 heavy (non-hydrogen) atoms. The van der Waals surface area contributed by atoms with Gasteiger partial charge < -0.3 is 5.32 Å². The lowest BCUT2D eigenvalue weighted by Gasteiger charge is -2.25. The summed E-state index contributed by atoms with van der Waals surface area (Å²) in [6.07, 6.45) is -3.09. The highest BCUT2D eigenvalue weighted by Gasteiger charge is 2.33. The number of carbonyl (C=O) groups is 1. The first-order valence-electron chi connectivity index (χ1n) is 11.6. The predicted molar refractivity (Wildman–Crippen MR) is 134 cm³/mol. The Labute approximate surface area is 210 Å². The number of hydrogen-bond acceptors (Lipinski definition) is 3. The van der Waals surface area contributed by atoms with E-state index >= 15 is 0 Å². The molecular weight excluding hydrogens is 489 g/mol.